The Balaban J connectivity index is 1.51. The molecule has 1 saturated heterocycles. The molecule has 0 saturated carbocycles. The van der Waals surface area contributed by atoms with Crippen molar-refractivity contribution in [3.8, 4) is 0 Å². The molecule has 0 atom stereocenters. The minimum Gasteiger partial charge on any atom is -0.398 e. The van der Waals surface area contributed by atoms with Gasteiger partial charge >= 0.3 is 0 Å². The first kappa shape index (κ1) is 14.4. The van der Waals surface area contributed by atoms with Gasteiger partial charge in [-0.15, -0.1) is 0 Å². The maximum absolute atomic E-state index is 12.5. The summed E-state index contributed by atoms with van der Waals surface area (Å²) in [4.78, 5) is 40.2. The van der Waals surface area contributed by atoms with Gasteiger partial charge in [-0.05, 0) is 24.3 Å². The zero-order valence-corrected chi connectivity index (χ0v) is 12.8. The summed E-state index contributed by atoms with van der Waals surface area (Å²) >= 11 is 0. The van der Waals surface area contributed by atoms with Gasteiger partial charge in [-0.3, -0.25) is 19.3 Å². The average molecular weight is 321 g/mol. The van der Waals surface area contributed by atoms with Gasteiger partial charge in [-0.2, -0.15) is 0 Å². The van der Waals surface area contributed by atoms with Crippen molar-refractivity contribution < 1.29 is 14.4 Å². The summed E-state index contributed by atoms with van der Waals surface area (Å²) in [6.45, 7) is 0.693. The van der Waals surface area contributed by atoms with Crippen molar-refractivity contribution in [1.29, 1.82) is 0 Å². The zero-order valence-electron chi connectivity index (χ0n) is 12.8. The maximum Gasteiger partial charge on any atom is 0.264 e. The Hall–Kier alpha value is -3.15. The smallest absolute Gasteiger partial charge is 0.264 e. The number of imide groups is 1. The molecular weight excluding hydrogens is 306 g/mol. The van der Waals surface area contributed by atoms with E-state index in [0.29, 0.717) is 29.9 Å². The number of anilines is 1. The van der Waals surface area contributed by atoms with Gasteiger partial charge in [0.25, 0.3) is 17.7 Å². The summed E-state index contributed by atoms with van der Waals surface area (Å²) in [5.74, 6) is -0.799. The molecule has 120 valence electrons. The molecule has 0 bridgehead atoms. The van der Waals surface area contributed by atoms with Gasteiger partial charge in [-0.1, -0.05) is 24.3 Å². The molecule has 24 heavy (non-hydrogen) atoms. The minimum absolute atomic E-state index is 0.0945. The van der Waals surface area contributed by atoms with Crippen molar-refractivity contribution in [3.63, 3.8) is 0 Å². The van der Waals surface area contributed by atoms with Crippen LogP contribution in [0.25, 0.3) is 0 Å². The maximum atomic E-state index is 12.5. The van der Waals surface area contributed by atoms with Crippen LogP contribution in [0.4, 0.5) is 5.69 Å². The zero-order chi connectivity index (χ0) is 16.8. The molecule has 3 amide bonds. The van der Waals surface area contributed by atoms with Crippen molar-refractivity contribution >= 4 is 23.4 Å². The van der Waals surface area contributed by atoms with E-state index in [1.807, 2.05) is 6.07 Å². The summed E-state index contributed by atoms with van der Waals surface area (Å²) in [6, 6.07) is 13.5. The SMILES string of the molecule is Nc1cccc2c1C(=O)N(C1CN(C(=O)c3ccccc3)C1)C2=O. The fourth-order valence-electron chi connectivity index (χ4n) is 3.21. The van der Waals surface area contributed by atoms with Gasteiger partial charge < -0.3 is 10.6 Å². The van der Waals surface area contributed by atoms with E-state index in [-0.39, 0.29) is 29.3 Å². The number of hydrogen-bond acceptors (Lipinski definition) is 4. The molecule has 2 N–H and O–H groups in total. The number of carbonyl (C=O) groups is 3. The normalized spacial score (nSPS) is 17.0. The van der Waals surface area contributed by atoms with Crippen LogP contribution in [0.1, 0.15) is 31.1 Å². The Morgan fingerprint density at radius 2 is 1.67 bits per heavy atom. The topological polar surface area (TPSA) is 83.7 Å². The molecule has 0 aliphatic carbocycles. The van der Waals surface area contributed by atoms with E-state index in [1.54, 1.807) is 47.4 Å². The highest BCUT2D eigenvalue weighted by atomic mass is 16.2. The number of carbonyl (C=O) groups excluding carboxylic acids is 3. The van der Waals surface area contributed by atoms with Crippen molar-refractivity contribution in [2.45, 2.75) is 6.04 Å². The monoisotopic (exact) mass is 321 g/mol. The second kappa shape index (κ2) is 5.19. The number of amides is 3. The van der Waals surface area contributed by atoms with Gasteiger partial charge in [0.2, 0.25) is 0 Å². The Kier molecular flexibility index (Phi) is 3.13. The van der Waals surface area contributed by atoms with Crippen LogP contribution in [0.3, 0.4) is 0 Å². The van der Waals surface area contributed by atoms with E-state index in [0.717, 1.165) is 0 Å². The predicted octanol–water partition coefficient (Wildman–Crippen LogP) is 1.39. The van der Waals surface area contributed by atoms with Crippen LogP contribution in [0.15, 0.2) is 48.5 Å². The van der Waals surface area contributed by atoms with Crippen LogP contribution < -0.4 is 5.73 Å². The van der Waals surface area contributed by atoms with Crippen molar-refractivity contribution in [1.82, 2.24) is 9.80 Å². The van der Waals surface area contributed by atoms with Crippen molar-refractivity contribution in [2.24, 2.45) is 0 Å². The third-order valence-corrected chi connectivity index (χ3v) is 4.51. The van der Waals surface area contributed by atoms with Crippen LogP contribution >= 0.6 is 0 Å². The number of nitrogen functional groups attached to an aromatic ring is 1. The van der Waals surface area contributed by atoms with Crippen LogP contribution in [0.5, 0.6) is 0 Å². The number of likely N-dealkylation sites (tertiary alicyclic amines) is 1. The molecule has 6 heteroatoms. The third kappa shape index (κ3) is 2.00. The second-order valence-electron chi connectivity index (χ2n) is 5.98. The molecule has 2 aromatic rings. The number of rotatable bonds is 2. The first-order chi connectivity index (χ1) is 11.6. The molecule has 0 spiro atoms. The second-order valence-corrected chi connectivity index (χ2v) is 5.98. The molecule has 1 fully saturated rings. The molecule has 6 nitrogen and oxygen atoms in total. The van der Waals surface area contributed by atoms with Crippen LogP contribution in [0, 0.1) is 0 Å². The number of fused-ring (bicyclic) bond motifs is 1. The largest absolute Gasteiger partial charge is 0.398 e. The predicted molar refractivity (Wildman–Crippen MR) is 87.5 cm³/mol. The first-order valence-electron chi connectivity index (χ1n) is 7.68. The Morgan fingerprint density at radius 3 is 2.33 bits per heavy atom. The molecule has 0 aromatic heterocycles. The first-order valence-corrected chi connectivity index (χ1v) is 7.68. The number of hydrogen-bond donors (Lipinski definition) is 1. The highest BCUT2D eigenvalue weighted by molar-refractivity contribution is 6.23. The number of nitrogens with zero attached hydrogens (tertiary/aromatic N) is 2. The van der Waals surface area contributed by atoms with Crippen molar-refractivity contribution in [2.75, 3.05) is 18.8 Å². The van der Waals surface area contributed by atoms with Crippen molar-refractivity contribution in [3.05, 3.63) is 65.2 Å². The Morgan fingerprint density at radius 1 is 0.958 bits per heavy atom. The lowest BCUT2D eigenvalue weighted by atomic mass is 10.0. The molecular formula is C18H15N3O3. The molecule has 4 rings (SSSR count). The Bertz CT molecular complexity index is 857. The van der Waals surface area contributed by atoms with E-state index < -0.39 is 0 Å². The highest BCUT2D eigenvalue weighted by Crippen LogP contribution is 2.31. The van der Waals surface area contributed by atoms with E-state index in [9.17, 15) is 14.4 Å². The highest BCUT2D eigenvalue weighted by Gasteiger charge is 2.46. The van der Waals surface area contributed by atoms with Gasteiger partial charge in [-0.25, -0.2) is 0 Å². The summed E-state index contributed by atoms with van der Waals surface area (Å²) in [5, 5.41) is 0. The third-order valence-electron chi connectivity index (χ3n) is 4.51. The van der Waals surface area contributed by atoms with E-state index >= 15 is 0 Å². The quantitative estimate of drug-likeness (QED) is 0.669. The molecule has 2 aromatic carbocycles. The minimum atomic E-state index is -0.370. The van der Waals surface area contributed by atoms with E-state index in [2.05, 4.69) is 0 Å². The van der Waals surface area contributed by atoms with Gasteiger partial charge in [0, 0.05) is 24.3 Å². The van der Waals surface area contributed by atoms with E-state index in [4.69, 9.17) is 5.73 Å². The summed E-state index contributed by atoms with van der Waals surface area (Å²) in [6.07, 6.45) is 0. The lowest BCUT2D eigenvalue weighted by Gasteiger charge is -2.42. The molecule has 2 heterocycles. The van der Waals surface area contributed by atoms with Gasteiger partial charge in [0.15, 0.2) is 0 Å². The van der Waals surface area contributed by atoms with E-state index in [1.165, 1.54) is 4.90 Å². The van der Waals surface area contributed by atoms with Gasteiger partial charge in [0.05, 0.1) is 17.2 Å². The summed E-state index contributed by atoms with van der Waals surface area (Å²) in [7, 11) is 0. The standard InChI is InChI=1S/C18H15N3O3/c19-14-8-4-7-13-15(14)18(24)21(17(13)23)12-9-20(10-12)16(22)11-5-2-1-3-6-11/h1-8,12H,9-10,19H2. The molecule has 2 aliphatic rings. The molecule has 0 unspecified atom stereocenters. The lowest BCUT2D eigenvalue weighted by molar-refractivity contribution is 0.0241. The molecule has 2 aliphatic heterocycles. The van der Waals surface area contributed by atoms with Gasteiger partial charge in [0.1, 0.15) is 0 Å². The average Bonchev–Trinajstić information content (AvgIpc) is 2.80. The summed E-state index contributed by atoms with van der Waals surface area (Å²) in [5.41, 5.74) is 7.36. The number of benzene rings is 2. The van der Waals surface area contributed by atoms with Crippen LogP contribution in [0.2, 0.25) is 0 Å². The molecule has 0 radical (unpaired) electrons. The van der Waals surface area contributed by atoms with Crippen LogP contribution in [-0.4, -0.2) is 46.7 Å². The fourth-order valence-corrected chi connectivity index (χ4v) is 3.21. The van der Waals surface area contributed by atoms with Crippen LogP contribution in [-0.2, 0) is 0 Å². The lowest BCUT2D eigenvalue weighted by Crippen LogP contribution is -2.62. The number of nitrogens with two attached hydrogens (primary N) is 1. The Labute approximate surface area is 138 Å². The summed E-state index contributed by atoms with van der Waals surface area (Å²) < 4.78 is 0. The fraction of sp³-hybridized carbons (Fsp3) is 0.167.